The van der Waals surface area contributed by atoms with Crippen molar-refractivity contribution in [2.45, 2.75) is 12.4 Å². The van der Waals surface area contributed by atoms with Gasteiger partial charge in [-0.05, 0) is 29.3 Å². The number of nitriles is 1. The van der Waals surface area contributed by atoms with E-state index in [1.807, 2.05) is 6.07 Å². The summed E-state index contributed by atoms with van der Waals surface area (Å²) in [6, 6.07) is 8.52. The number of nitrogens with zero attached hydrogens (tertiary/aromatic N) is 3. The molecule has 0 unspecified atom stereocenters. The van der Waals surface area contributed by atoms with Crippen molar-refractivity contribution in [3.63, 3.8) is 0 Å². The highest BCUT2D eigenvalue weighted by molar-refractivity contribution is 5.75. The summed E-state index contributed by atoms with van der Waals surface area (Å²) in [5.74, 6) is -0.352. The van der Waals surface area contributed by atoms with Crippen molar-refractivity contribution in [3.8, 4) is 28.5 Å². The van der Waals surface area contributed by atoms with Crippen LogP contribution in [0, 0.1) is 11.3 Å². The van der Waals surface area contributed by atoms with E-state index in [0.717, 1.165) is 0 Å². The molecule has 2 aromatic carbocycles. The average molecular weight is 423 g/mol. The van der Waals surface area contributed by atoms with E-state index in [-0.39, 0.29) is 40.2 Å². The van der Waals surface area contributed by atoms with Crippen LogP contribution < -0.4 is 11.5 Å². The Morgan fingerprint density at radius 3 is 1.70 bits per heavy atom. The lowest BCUT2D eigenvalue weighted by atomic mass is 9.97. The van der Waals surface area contributed by atoms with E-state index in [9.17, 15) is 31.6 Å². The molecule has 11 heteroatoms. The van der Waals surface area contributed by atoms with Crippen LogP contribution in [0.1, 0.15) is 16.7 Å². The summed E-state index contributed by atoms with van der Waals surface area (Å²) in [5, 5.41) is 9.23. The molecule has 4 N–H and O–H groups in total. The minimum Gasteiger partial charge on any atom is -0.382 e. The van der Waals surface area contributed by atoms with Crippen LogP contribution in [0.25, 0.3) is 22.4 Å². The van der Waals surface area contributed by atoms with E-state index in [0.29, 0.717) is 17.7 Å². The number of halogens is 6. The van der Waals surface area contributed by atoms with Crippen LogP contribution >= 0.6 is 0 Å². The maximum absolute atomic E-state index is 13.1. The Kier molecular flexibility index (Phi) is 5.03. The molecule has 0 bridgehead atoms. The van der Waals surface area contributed by atoms with E-state index in [1.54, 1.807) is 0 Å². The fourth-order valence-corrected chi connectivity index (χ4v) is 2.76. The first-order chi connectivity index (χ1) is 13.9. The zero-order chi connectivity index (χ0) is 22.3. The number of anilines is 2. The van der Waals surface area contributed by atoms with Gasteiger partial charge in [0, 0.05) is 5.56 Å². The van der Waals surface area contributed by atoms with Crippen molar-refractivity contribution in [2.24, 2.45) is 0 Å². The molecule has 1 heterocycles. The number of aromatic nitrogens is 2. The second kappa shape index (κ2) is 7.22. The lowest BCUT2D eigenvalue weighted by molar-refractivity contribution is -0.143. The summed E-state index contributed by atoms with van der Waals surface area (Å²) in [5.41, 5.74) is 8.53. The SMILES string of the molecule is N#Cc1c(N)nc(N)nc1-c1ccc(-c2cc(C(F)(F)F)cc(C(F)(F)F)c2)cc1. The molecule has 0 saturated heterocycles. The van der Waals surface area contributed by atoms with Gasteiger partial charge in [0.25, 0.3) is 0 Å². The van der Waals surface area contributed by atoms with Gasteiger partial charge in [0.15, 0.2) is 0 Å². The molecule has 3 rings (SSSR count). The predicted octanol–water partition coefficient (Wildman–Crippen LogP) is 4.88. The fraction of sp³-hybridized carbons (Fsp3) is 0.105. The van der Waals surface area contributed by atoms with Gasteiger partial charge in [-0.25, -0.2) is 4.98 Å². The molecular weight excluding hydrogens is 412 g/mol. The summed E-state index contributed by atoms with van der Waals surface area (Å²) in [4.78, 5) is 7.61. The first kappa shape index (κ1) is 20.9. The van der Waals surface area contributed by atoms with Crippen LogP contribution in [-0.2, 0) is 12.4 Å². The Morgan fingerprint density at radius 2 is 1.23 bits per heavy atom. The third-order valence-corrected chi connectivity index (χ3v) is 4.15. The Bertz CT molecular complexity index is 1110. The molecule has 0 saturated carbocycles. The Labute approximate surface area is 165 Å². The van der Waals surface area contributed by atoms with E-state index < -0.39 is 23.5 Å². The van der Waals surface area contributed by atoms with Crippen molar-refractivity contribution in [1.29, 1.82) is 5.26 Å². The number of hydrogen-bond donors (Lipinski definition) is 2. The number of benzene rings is 2. The molecule has 5 nitrogen and oxygen atoms in total. The predicted molar refractivity (Wildman–Crippen MR) is 96.4 cm³/mol. The van der Waals surface area contributed by atoms with Crippen molar-refractivity contribution in [2.75, 3.05) is 11.5 Å². The third kappa shape index (κ3) is 4.12. The molecule has 0 atom stereocenters. The summed E-state index contributed by atoms with van der Waals surface area (Å²) < 4.78 is 78.4. The minimum absolute atomic E-state index is 0.0590. The van der Waals surface area contributed by atoms with Gasteiger partial charge in [-0.1, -0.05) is 24.3 Å². The lowest BCUT2D eigenvalue weighted by Gasteiger charge is -2.14. The van der Waals surface area contributed by atoms with Crippen LogP contribution in [0.3, 0.4) is 0 Å². The fourth-order valence-electron chi connectivity index (χ4n) is 2.76. The van der Waals surface area contributed by atoms with Crippen molar-refractivity contribution in [3.05, 3.63) is 59.2 Å². The number of hydrogen-bond acceptors (Lipinski definition) is 5. The summed E-state index contributed by atoms with van der Waals surface area (Å²) in [6.45, 7) is 0. The number of nitrogens with two attached hydrogens (primary N) is 2. The molecule has 3 aromatic rings. The van der Waals surface area contributed by atoms with E-state index in [1.165, 1.54) is 24.3 Å². The quantitative estimate of drug-likeness (QED) is 0.572. The lowest BCUT2D eigenvalue weighted by Crippen LogP contribution is -2.11. The van der Waals surface area contributed by atoms with E-state index in [2.05, 4.69) is 9.97 Å². The molecular formula is C19H11F6N5. The highest BCUT2D eigenvalue weighted by Gasteiger charge is 2.37. The number of nitrogen functional groups attached to an aromatic ring is 2. The summed E-state index contributed by atoms with van der Waals surface area (Å²) >= 11 is 0. The first-order valence-corrected chi connectivity index (χ1v) is 8.13. The van der Waals surface area contributed by atoms with Gasteiger partial charge in [-0.15, -0.1) is 0 Å². The number of alkyl halides is 6. The molecule has 0 aliphatic rings. The normalized spacial score (nSPS) is 11.9. The van der Waals surface area contributed by atoms with Crippen molar-refractivity contribution < 1.29 is 26.3 Å². The molecule has 0 radical (unpaired) electrons. The molecule has 0 aliphatic carbocycles. The zero-order valence-corrected chi connectivity index (χ0v) is 14.8. The third-order valence-electron chi connectivity index (χ3n) is 4.15. The van der Waals surface area contributed by atoms with Gasteiger partial charge >= 0.3 is 12.4 Å². The van der Waals surface area contributed by atoms with Gasteiger partial charge in [0.1, 0.15) is 17.5 Å². The zero-order valence-electron chi connectivity index (χ0n) is 14.8. The monoisotopic (exact) mass is 423 g/mol. The smallest absolute Gasteiger partial charge is 0.382 e. The molecule has 0 aliphatic heterocycles. The van der Waals surface area contributed by atoms with E-state index >= 15 is 0 Å². The Morgan fingerprint density at radius 1 is 0.733 bits per heavy atom. The molecule has 154 valence electrons. The molecule has 1 aromatic heterocycles. The van der Waals surface area contributed by atoms with Crippen LogP contribution in [0.15, 0.2) is 42.5 Å². The second-order valence-corrected chi connectivity index (χ2v) is 6.17. The standard InChI is InChI=1S/C19H11F6N5/c20-18(21,22)12-5-11(6-13(7-12)19(23,24)25)9-1-3-10(4-2-9)15-14(8-26)16(27)30-17(28)29-15/h1-7H,(H4,27,28,29,30). The molecule has 0 fully saturated rings. The van der Waals surface area contributed by atoms with Gasteiger partial charge in [-0.2, -0.15) is 36.6 Å². The van der Waals surface area contributed by atoms with Crippen molar-refractivity contribution >= 4 is 11.8 Å². The van der Waals surface area contributed by atoms with Gasteiger partial charge < -0.3 is 11.5 Å². The van der Waals surface area contributed by atoms with Gasteiger partial charge in [0.05, 0.1) is 16.8 Å². The van der Waals surface area contributed by atoms with Crippen LogP contribution in [0.2, 0.25) is 0 Å². The Balaban J connectivity index is 2.11. The van der Waals surface area contributed by atoms with Gasteiger partial charge in [0.2, 0.25) is 5.95 Å². The molecule has 0 amide bonds. The van der Waals surface area contributed by atoms with Gasteiger partial charge in [-0.3, -0.25) is 0 Å². The maximum atomic E-state index is 13.1. The largest absolute Gasteiger partial charge is 0.416 e. The topological polar surface area (TPSA) is 102 Å². The highest BCUT2D eigenvalue weighted by Crippen LogP contribution is 2.39. The summed E-state index contributed by atoms with van der Waals surface area (Å²) in [6.07, 6.45) is -9.90. The molecule has 0 spiro atoms. The highest BCUT2D eigenvalue weighted by atomic mass is 19.4. The summed E-state index contributed by atoms with van der Waals surface area (Å²) in [7, 11) is 0. The minimum atomic E-state index is -4.95. The maximum Gasteiger partial charge on any atom is 0.416 e. The van der Waals surface area contributed by atoms with E-state index in [4.69, 9.17) is 11.5 Å². The number of rotatable bonds is 2. The molecule has 30 heavy (non-hydrogen) atoms. The second-order valence-electron chi connectivity index (χ2n) is 6.17. The van der Waals surface area contributed by atoms with Crippen LogP contribution in [0.5, 0.6) is 0 Å². The van der Waals surface area contributed by atoms with Crippen molar-refractivity contribution in [1.82, 2.24) is 9.97 Å². The van der Waals surface area contributed by atoms with Crippen LogP contribution in [-0.4, -0.2) is 9.97 Å². The van der Waals surface area contributed by atoms with Crippen LogP contribution in [0.4, 0.5) is 38.1 Å². The average Bonchev–Trinajstić information content (AvgIpc) is 2.66. The first-order valence-electron chi connectivity index (χ1n) is 8.13. The Hall–Kier alpha value is -3.81.